The molecule has 0 aromatic heterocycles. The van der Waals surface area contributed by atoms with Gasteiger partial charge in [0.05, 0.1) is 30.0 Å². The molecule has 0 radical (unpaired) electrons. The lowest BCUT2D eigenvalue weighted by Gasteiger charge is -2.64. The van der Waals surface area contributed by atoms with Gasteiger partial charge in [0, 0.05) is 0 Å². The lowest BCUT2D eigenvalue weighted by atomic mass is 9.41. The van der Waals surface area contributed by atoms with E-state index in [1.54, 1.807) is 13.8 Å². The quantitative estimate of drug-likeness (QED) is 0.394. The fourth-order valence-electron chi connectivity index (χ4n) is 11.5. The van der Waals surface area contributed by atoms with Gasteiger partial charge in [-0.3, -0.25) is 0 Å². The van der Waals surface area contributed by atoms with Gasteiger partial charge in [0.2, 0.25) is 0 Å². The van der Waals surface area contributed by atoms with E-state index in [1.165, 1.54) is 12.8 Å². The van der Waals surface area contributed by atoms with Crippen LogP contribution in [0.3, 0.4) is 0 Å². The number of aliphatic hydroxyl groups is 5. The summed E-state index contributed by atoms with van der Waals surface area (Å²) in [5.41, 5.74) is -1.03. The highest BCUT2D eigenvalue weighted by molar-refractivity contribution is 5.32. The van der Waals surface area contributed by atoms with Crippen molar-refractivity contribution in [2.45, 2.75) is 136 Å². The van der Waals surface area contributed by atoms with Crippen LogP contribution in [0.4, 0.5) is 0 Å². The summed E-state index contributed by atoms with van der Waals surface area (Å²) in [6.07, 6.45) is 6.35. The zero-order valence-corrected chi connectivity index (χ0v) is 23.2. The van der Waals surface area contributed by atoms with E-state index in [1.807, 2.05) is 0 Å². The SMILES string of the molecule is C[C@H](CCC(O)C(C)(C)O)[C@H]1[C@@H](O)C[C@@]2(C)[C@@H]3C[C@H](O)[C@H]4C(C)(C)[C@@H](O)CC[C@@]45C[C@]35CC[C@]12C. The maximum absolute atomic E-state index is 11.6. The Morgan fingerprint density at radius 2 is 1.54 bits per heavy atom. The molecule has 0 bridgehead atoms. The molecule has 0 amide bonds. The number of fused-ring (bicyclic) bond motifs is 2. The van der Waals surface area contributed by atoms with Crippen LogP contribution in [0.2, 0.25) is 0 Å². The Labute approximate surface area is 212 Å². The Hall–Kier alpha value is -0.200. The molecule has 5 aliphatic rings. The summed E-state index contributed by atoms with van der Waals surface area (Å²) < 4.78 is 0. The van der Waals surface area contributed by atoms with Gasteiger partial charge >= 0.3 is 0 Å². The third kappa shape index (κ3) is 3.23. The van der Waals surface area contributed by atoms with Crippen LogP contribution in [-0.4, -0.2) is 55.5 Å². The summed E-state index contributed by atoms with van der Waals surface area (Å²) in [6.45, 7) is 14.7. The molecule has 5 saturated carbocycles. The van der Waals surface area contributed by atoms with E-state index in [0.717, 1.165) is 38.5 Å². The molecule has 5 heteroatoms. The summed E-state index contributed by atoms with van der Waals surface area (Å²) in [5, 5.41) is 54.7. The van der Waals surface area contributed by atoms with Crippen molar-refractivity contribution in [2.75, 3.05) is 0 Å². The van der Waals surface area contributed by atoms with E-state index in [0.29, 0.717) is 12.3 Å². The summed E-state index contributed by atoms with van der Waals surface area (Å²) in [5.74, 6) is 0.973. The summed E-state index contributed by atoms with van der Waals surface area (Å²) in [6, 6.07) is 0. The van der Waals surface area contributed by atoms with E-state index < -0.39 is 17.8 Å². The standard InChI is InChI=1S/C30H52O5/c1-17(8-9-22(34)26(4,5)35)23-19(32)15-28(7)20-14-18(31)24-25(2,3)21(33)10-11-30(24)16-29(20,30)13-12-27(23,28)6/h17-24,31-35H,8-16H2,1-7H3/t17-,18+,19+,20+,21+,22?,23+,24+,27-,28+,29-,30-/m1/s1. The van der Waals surface area contributed by atoms with Gasteiger partial charge in [-0.15, -0.1) is 0 Å². The van der Waals surface area contributed by atoms with Gasteiger partial charge in [-0.2, -0.15) is 0 Å². The second-order valence-corrected chi connectivity index (χ2v) is 15.6. The van der Waals surface area contributed by atoms with E-state index in [4.69, 9.17) is 0 Å². The summed E-state index contributed by atoms with van der Waals surface area (Å²) >= 11 is 0. The Kier molecular flexibility index (Phi) is 5.80. The van der Waals surface area contributed by atoms with Gasteiger partial charge < -0.3 is 25.5 Å². The van der Waals surface area contributed by atoms with Crippen molar-refractivity contribution in [3.8, 4) is 0 Å². The van der Waals surface area contributed by atoms with Crippen LogP contribution in [0.15, 0.2) is 0 Å². The normalized spacial score (nSPS) is 54.2. The summed E-state index contributed by atoms with van der Waals surface area (Å²) in [7, 11) is 0. The van der Waals surface area contributed by atoms with Crippen molar-refractivity contribution in [1.82, 2.24) is 0 Å². The number of hydrogen-bond acceptors (Lipinski definition) is 5. The van der Waals surface area contributed by atoms with Crippen molar-refractivity contribution >= 4 is 0 Å². The number of hydrogen-bond donors (Lipinski definition) is 5. The Balaban J connectivity index is 1.43. The van der Waals surface area contributed by atoms with Crippen LogP contribution in [0.25, 0.3) is 0 Å². The van der Waals surface area contributed by atoms with Crippen LogP contribution in [0.1, 0.15) is 106 Å². The van der Waals surface area contributed by atoms with Gasteiger partial charge in [-0.05, 0) is 122 Å². The molecular formula is C30H52O5. The number of rotatable bonds is 5. The van der Waals surface area contributed by atoms with E-state index in [2.05, 4.69) is 34.6 Å². The van der Waals surface area contributed by atoms with Crippen molar-refractivity contribution in [3.05, 3.63) is 0 Å². The summed E-state index contributed by atoms with van der Waals surface area (Å²) in [4.78, 5) is 0. The Bertz CT molecular complexity index is 850. The second-order valence-electron chi connectivity index (χ2n) is 15.6. The Morgan fingerprint density at radius 1 is 0.886 bits per heavy atom. The van der Waals surface area contributed by atoms with Gasteiger partial charge in [0.1, 0.15) is 0 Å². The van der Waals surface area contributed by atoms with E-state index >= 15 is 0 Å². The molecule has 0 heterocycles. The highest BCUT2D eigenvalue weighted by Gasteiger charge is 2.84. The van der Waals surface area contributed by atoms with Crippen molar-refractivity contribution in [1.29, 1.82) is 0 Å². The topological polar surface area (TPSA) is 101 Å². The average molecular weight is 493 g/mol. The van der Waals surface area contributed by atoms with Crippen LogP contribution in [-0.2, 0) is 0 Å². The first-order chi connectivity index (χ1) is 16.0. The lowest BCUT2D eigenvalue weighted by molar-refractivity contribution is -0.198. The molecule has 5 fully saturated rings. The number of aliphatic hydroxyl groups excluding tert-OH is 4. The minimum Gasteiger partial charge on any atom is -0.393 e. The first kappa shape index (κ1) is 26.4. The zero-order valence-electron chi connectivity index (χ0n) is 23.2. The molecule has 0 saturated heterocycles. The van der Waals surface area contributed by atoms with E-state index in [9.17, 15) is 25.5 Å². The maximum atomic E-state index is 11.6. The lowest BCUT2D eigenvalue weighted by Crippen LogP contribution is -2.61. The molecule has 0 aliphatic heterocycles. The second kappa shape index (κ2) is 7.68. The third-order valence-corrected chi connectivity index (χ3v) is 13.4. The van der Waals surface area contributed by atoms with Crippen LogP contribution in [0, 0.1) is 50.7 Å². The van der Waals surface area contributed by atoms with Crippen LogP contribution < -0.4 is 0 Å². The molecular weight excluding hydrogens is 440 g/mol. The predicted octanol–water partition coefficient (Wildman–Crippen LogP) is 4.28. The highest BCUT2D eigenvalue weighted by Crippen LogP contribution is 2.89. The van der Waals surface area contributed by atoms with Gasteiger partial charge in [-0.25, -0.2) is 0 Å². The highest BCUT2D eigenvalue weighted by atomic mass is 16.3. The van der Waals surface area contributed by atoms with Gasteiger partial charge in [-0.1, -0.05) is 34.6 Å². The average Bonchev–Trinajstić information content (AvgIpc) is 3.32. The molecule has 5 aliphatic carbocycles. The van der Waals surface area contributed by atoms with Crippen molar-refractivity contribution in [3.63, 3.8) is 0 Å². The minimum atomic E-state index is -1.11. The fourth-order valence-corrected chi connectivity index (χ4v) is 11.5. The van der Waals surface area contributed by atoms with Crippen molar-refractivity contribution in [2.24, 2.45) is 50.7 Å². The molecule has 5 rings (SSSR count). The van der Waals surface area contributed by atoms with Crippen LogP contribution in [0.5, 0.6) is 0 Å². The fraction of sp³-hybridized carbons (Fsp3) is 1.00. The zero-order chi connectivity index (χ0) is 26.0. The molecule has 0 aromatic carbocycles. The van der Waals surface area contributed by atoms with Crippen LogP contribution >= 0.6 is 0 Å². The molecule has 2 spiro atoms. The Morgan fingerprint density at radius 3 is 2.17 bits per heavy atom. The maximum Gasteiger partial charge on any atom is 0.0849 e. The largest absolute Gasteiger partial charge is 0.393 e. The first-order valence-corrected chi connectivity index (χ1v) is 14.4. The molecule has 0 aromatic rings. The molecule has 5 nitrogen and oxygen atoms in total. The molecule has 202 valence electrons. The van der Waals surface area contributed by atoms with Gasteiger partial charge in [0.15, 0.2) is 0 Å². The predicted molar refractivity (Wildman–Crippen MR) is 136 cm³/mol. The third-order valence-electron chi connectivity index (χ3n) is 13.4. The first-order valence-electron chi connectivity index (χ1n) is 14.4. The van der Waals surface area contributed by atoms with Gasteiger partial charge in [0.25, 0.3) is 0 Å². The van der Waals surface area contributed by atoms with E-state index in [-0.39, 0.29) is 57.0 Å². The molecule has 5 N–H and O–H groups in total. The van der Waals surface area contributed by atoms with Crippen molar-refractivity contribution < 1.29 is 25.5 Å². The monoisotopic (exact) mass is 492 g/mol. The molecule has 1 unspecified atom stereocenters. The minimum absolute atomic E-state index is 0.0124. The molecule has 12 atom stereocenters. The smallest absolute Gasteiger partial charge is 0.0849 e. The molecule has 35 heavy (non-hydrogen) atoms.